The molecule has 6 heteroatoms. The van der Waals surface area contributed by atoms with E-state index in [1.54, 1.807) is 12.1 Å². The zero-order valence-electron chi connectivity index (χ0n) is 14.8. The number of amides is 1. The van der Waals surface area contributed by atoms with E-state index >= 15 is 0 Å². The molecule has 0 radical (unpaired) electrons. The Morgan fingerprint density at radius 1 is 1.04 bits per heavy atom. The Balaban J connectivity index is 2.07. The quantitative estimate of drug-likeness (QED) is 0.816. The molecule has 0 spiro atoms. The van der Waals surface area contributed by atoms with E-state index in [4.69, 9.17) is 0 Å². The van der Waals surface area contributed by atoms with Crippen molar-refractivity contribution in [1.82, 2.24) is 20.5 Å². The Morgan fingerprint density at radius 2 is 1.71 bits per heavy atom. The van der Waals surface area contributed by atoms with E-state index in [0.717, 1.165) is 36.3 Å². The summed E-state index contributed by atoms with van der Waals surface area (Å²) >= 11 is 0. The van der Waals surface area contributed by atoms with Crippen LogP contribution in [-0.2, 0) is 12.8 Å². The first kappa shape index (κ1) is 17.8. The topological polar surface area (TPSA) is 79.8 Å². The fraction of sp³-hybridized carbons (Fsp3) is 0.444. The number of aryl methyl sites for hydroxylation is 2. The summed E-state index contributed by atoms with van der Waals surface area (Å²) in [6.07, 6.45) is 2.55. The second-order valence-electron chi connectivity index (χ2n) is 5.72. The fourth-order valence-electron chi connectivity index (χ4n) is 2.23. The number of benzene rings is 1. The van der Waals surface area contributed by atoms with E-state index in [2.05, 4.69) is 32.7 Å². The second kappa shape index (κ2) is 8.38. The first-order valence-electron chi connectivity index (χ1n) is 8.47. The Bertz CT molecular complexity index is 684. The highest BCUT2D eigenvalue weighted by atomic mass is 16.1. The van der Waals surface area contributed by atoms with Crippen LogP contribution in [-0.4, -0.2) is 27.1 Å². The van der Waals surface area contributed by atoms with Crippen LogP contribution < -0.4 is 10.6 Å². The molecule has 6 nitrogen and oxygen atoms in total. The van der Waals surface area contributed by atoms with Crippen molar-refractivity contribution in [2.75, 3.05) is 5.32 Å². The zero-order valence-corrected chi connectivity index (χ0v) is 14.8. The molecule has 2 rings (SSSR count). The Morgan fingerprint density at radius 3 is 2.29 bits per heavy atom. The highest BCUT2D eigenvalue weighted by Gasteiger charge is 2.09. The summed E-state index contributed by atoms with van der Waals surface area (Å²) in [6.45, 7) is 8.13. The summed E-state index contributed by atoms with van der Waals surface area (Å²) in [4.78, 5) is 16.6. The highest BCUT2D eigenvalue weighted by Crippen LogP contribution is 2.15. The summed E-state index contributed by atoms with van der Waals surface area (Å²) in [5, 5.41) is 14.4. The van der Waals surface area contributed by atoms with E-state index in [9.17, 15) is 4.79 Å². The van der Waals surface area contributed by atoms with Crippen LogP contribution in [0, 0.1) is 0 Å². The van der Waals surface area contributed by atoms with Crippen molar-refractivity contribution in [3.8, 4) is 0 Å². The molecule has 0 fully saturated rings. The molecule has 128 valence electrons. The lowest BCUT2D eigenvalue weighted by atomic mass is 10.1. The van der Waals surface area contributed by atoms with Gasteiger partial charge in [0.1, 0.15) is 0 Å². The summed E-state index contributed by atoms with van der Waals surface area (Å²) in [7, 11) is 0. The van der Waals surface area contributed by atoms with Crippen LogP contribution in [0.2, 0.25) is 0 Å². The van der Waals surface area contributed by atoms with E-state index in [1.165, 1.54) is 0 Å². The van der Waals surface area contributed by atoms with Crippen molar-refractivity contribution < 1.29 is 4.79 Å². The van der Waals surface area contributed by atoms with Gasteiger partial charge in [-0.2, -0.15) is 0 Å². The van der Waals surface area contributed by atoms with Crippen LogP contribution in [0.3, 0.4) is 0 Å². The molecule has 1 unspecified atom stereocenters. The average Bonchev–Trinajstić information content (AvgIpc) is 2.61. The molecule has 2 aromatic rings. The van der Waals surface area contributed by atoms with Crippen LogP contribution in [0.4, 0.5) is 11.6 Å². The molecule has 0 aliphatic rings. The van der Waals surface area contributed by atoms with Gasteiger partial charge in [0, 0.05) is 17.3 Å². The highest BCUT2D eigenvalue weighted by molar-refractivity contribution is 5.94. The number of rotatable bonds is 7. The van der Waals surface area contributed by atoms with E-state index in [0.29, 0.717) is 11.5 Å². The van der Waals surface area contributed by atoms with Crippen LogP contribution in [0.5, 0.6) is 0 Å². The van der Waals surface area contributed by atoms with Gasteiger partial charge in [0.25, 0.3) is 5.91 Å². The number of carbonyl (C=O) groups excluding carboxylic acids is 1. The number of anilines is 2. The largest absolute Gasteiger partial charge is 0.350 e. The van der Waals surface area contributed by atoms with Crippen LogP contribution >= 0.6 is 0 Å². The lowest BCUT2D eigenvalue weighted by Crippen LogP contribution is -2.31. The van der Waals surface area contributed by atoms with Crippen molar-refractivity contribution in [3.63, 3.8) is 0 Å². The third-order valence-corrected chi connectivity index (χ3v) is 3.90. The second-order valence-corrected chi connectivity index (χ2v) is 5.72. The minimum Gasteiger partial charge on any atom is -0.350 e. The Labute approximate surface area is 143 Å². The first-order chi connectivity index (χ1) is 11.6. The molecular formula is C18H25N5O. The number of hydrogen-bond donors (Lipinski definition) is 2. The summed E-state index contributed by atoms with van der Waals surface area (Å²) in [5.41, 5.74) is 3.35. The monoisotopic (exact) mass is 327 g/mol. The fourth-order valence-corrected chi connectivity index (χ4v) is 2.23. The third kappa shape index (κ3) is 4.50. The van der Waals surface area contributed by atoms with Gasteiger partial charge in [0.15, 0.2) is 0 Å². The van der Waals surface area contributed by atoms with Gasteiger partial charge >= 0.3 is 0 Å². The van der Waals surface area contributed by atoms with Crippen LogP contribution in [0.25, 0.3) is 0 Å². The molecule has 2 N–H and O–H groups in total. The number of carbonyl (C=O) groups is 1. The lowest BCUT2D eigenvalue weighted by molar-refractivity contribution is 0.0939. The molecule has 0 saturated heterocycles. The van der Waals surface area contributed by atoms with Gasteiger partial charge in [-0.25, -0.2) is 4.98 Å². The predicted molar refractivity (Wildman–Crippen MR) is 95.5 cm³/mol. The van der Waals surface area contributed by atoms with Gasteiger partial charge in [-0.05, 0) is 50.5 Å². The molecule has 1 heterocycles. The van der Waals surface area contributed by atoms with Gasteiger partial charge in [-0.1, -0.05) is 20.8 Å². The SMILES string of the molecule is CCc1nnc(Nc2ccc(C(=O)NC(C)CC)cc2)nc1CC. The Kier molecular flexibility index (Phi) is 6.23. The van der Waals surface area contributed by atoms with Crippen molar-refractivity contribution in [2.24, 2.45) is 0 Å². The minimum atomic E-state index is -0.0608. The van der Waals surface area contributed by atoms with Crippen molar-refractivity contribution >= 4 is 17.5 Å². The average molecular weight is 327 g/mol. The standard InChI is InChI=1S/C18H25N5O/c1-5-12(4)19-17(24)13-8-10-14(11-9-13)20-18-21-15(6-2)16(7-3)22-23-18/h8-12H,5-7H2,1-4H3,(H,19,24)(H,20,21,23). The molecule has 24 heavy (non-hydrogen) atoms. The molecule has 1 atom stereocenters. The first-order valence-corrected chi connectivity index (χ1v) is 8.47. The number of hydrogen-bond acceptors (Lipinski definition) is 5. The van der Waals surface area contributed by atoms with Crippen LogP contribution in [0.15, 0.2) is 24.3 Å². The smallest absolute Gasteiger partial charge is 0.251 e. The van der Waals surface area contributed by atoms with E-state index in [-0.39, 0.29) is 11.9 Å². The summed E-state index contributed by atoms with van der Waals surface area (Å²) < 4.78 is 0. The maximum atomic E-state index is 12.1. The molecule has 1 aromatic carbocycles. The maximum absolute atomic E-state index is 12.1. The van der Waals surface area contributed by atoms with Gasteiger partial charge < -0.3 is 10.6 Å². The minimum absolute atomic E-state index is 0.0608. The molecule has 0 aliphatic heterocycles. The maximum Gasteiger partial charge on any atom is 0.251 e. The molecule has 0 aliphatic carbocycles. The normalized spacial score (nSPS) is 11.8. The van der Waals surface area contributed by atoms with Gasteiger partial charge in [-0.15, -0.1) is 10.2 Å². The zero-order chi connectivity index (χ0) is 17.5. The number of nitrogens with zero attached hydrogens (tertiary/aromatic N) is 3. The van der Waals surface area contributed by atoms with Crippen molar-refractivity contribution in [1.29, 1.82) is 0 Å². The lowest BCUT2D eigenvalue weighted by Gasteiger charge is -2.12. The van der Waals surface area contributed by atoms with E-state index < -0.39 is 0 Å². The van der Waals surface area contributed by atoms with Gasteiger partial charge in [-0.3, -0.25) is 4.79 Å². The summed E-state index contributed by atoms with van der Waals surface area (Å²) in [5.74, 6) is 0.412. The molecule has 1 amide bonds. The van der Waals surface area contributed by atoms with Crippen molar-refractivity contribution in [2.45, 2.75) is 53.0 Å². The van der Waals surface area contributed by atoms with Gasteiger partial charge in [0.05, 0.1) is 11.4 Å². The Hall–Kier alpha value is -2.50. The third-order valence-electron chi connectivity index (χ3n) is 3.90. The molecule has 0 bridgehead atoms. The number of nitrogens with one attached hydrogen (secondary N) is 2. The van der Waals surface area contributed by atoms with E-state index in [1.807, 2.05) is 32.9 Å². The molecular weight excluding hydrogens is 302 g/mol. The molecule has 0 saturated carbocycles. The summed E-state index contributed by atoms with van der Waals surface area (Å²) in [6, 6.07) is 7.42. The predicted octanol–water partition coefficient (Wildman–Crippen LogP) is 3.27. The van der Waals surface area contributed by atoms with Crippen molar-refractivity contribution in [3.05, 3.63) is 41.2 Å². The van der Waals surface area contributed by atoms with Gasteiger partial charge in [0.2, 0.25) is 5.95 Å². The number of aromatic nitrogens is 3. The van der Waals surface area contributed by atoms with Crippen LogP contribution in [0.1, 0.15) is 55.9 Å². The molecule has 1 aromatic heterocycles.